The minimum absolute atomic E-state index is 0.0191. The second-order valence-electron chi connectivity index (χ2n) is 6.53. The number of tetrazole rings is 1. The van der Waals surface area contributed by atoms with E-state index in [1.165, 1.54) is 22.4 Å². The van der Waals surface area contributed by atoms with Gasteiger partial charge in [-0.3, -0.25) is 4.79 Å². The van der Waals surface area contributed by atoms with Crippen molar-refractivity contribution < 1.29 is 22.7 Å². The smallest absolute Gasteiger partial charge is 0.406 e. The Labute approximate surface area is 174 Å². The number of halogens is 3. The lowest BCUT2D eigenvalue weighted by molar-refractivity contribution is -0.274. The molecule has 0 fully saturated rings. The van der Waals surface area contributed by atoms with Gasteiger partial charge >= 0.3 is 6.36 Å². The summed E-state index contributed by atoms with van der Waals surface area (Å²) in [6, 6.07) is 12.7. The van der Waals surface area contributed by atoms with Gasteiger partial charge in [0.05, 0.1) is 11.4 Å². The van der Waals surface area contributed by atoms with Crippen LogP contribution in [0.1, 0.15) is 25.3 Å². The molecule has 0 atom stereocenters. The van der Waals surface area contributed by atoms with Crippen LogP contribution in [0.4, 0.5) is 18.9 Å². The highest BCUT2D eigenvalue weighted by atomic mass is 32.2. The van der Waals surface area contributed by atoms with E-state index < -0.39 is 6.36 Å². The molecule has 11 heteroatoms. The molecule has 0 spiro atoms. The van der Waals surface area contributed by atoms with Crippen LogP contribution < -0.4 is 10.1 Å². The third kappa shape index (κ3) is 5.96. The van der Waals surface area contributed by atoms with Crippen molar-refractivity contribution in [3.8, 4) is 11.4 Å². The van der Waals surface area contributed by atoms with Gasteiger partial charge in [0.1, 0.15) is 5.75 Å². The third-order valence-corrected chi connectivity index (χ3v) is 4.87. The molecule has 1 heterocycles. The number of alkyl halides is 3. The van der Waals surface area contributed by atoms with E-state index in [0.717, 1.165) is 29.6 Å². The summed E-state index contributed by atoms with van der Waals surface area (Å²) in [4.78, 5) is 12.2. The number of nitrogens with zero attached hydrogens (tertiary/aromatic N) is 4. The molecular formula is C19H18F3N5O2S. The first-order chi connectivity index (χ1) is 14.2. The van der Waals surface area contributed by atoms with E-state index in [9.17, 15) is 18.0 Å². The van der Waals surface area contributed by atoms with Crippen LogP contribution in [0.25, 0.3) is 5.69 Å². The van der Waals surface area contributed by atoms with Crippen LogP contribution in [0.3, 0.4) is 0 Å². The van der Waals surface area contributed by atoms with Crippen molar-refractivity contribution in [3.05, 3.63) is 54.1 Å². The molecule has 1 amide bonds. The Morgan fingerprint density at radius 1 is 1.13 bits per heavy atom. The minimum atomic E-state index is -4.76. The van der Waals surface area contributed by atoms with Crippen LogP contribution >= 0.6 is 11.8 Å². The molecule has 2 aromatic carbocycles. The first-order valence-corrected chi connectivity index (χ1v) is 9.87. The van der Waals surface area contributed by atoms with Gasteiger partial charge in [-0.1, -0.05) is 37.7 Å². The summed E-state index contributed by atoms with van der Waals surface area (Å²) >= 11 is 1.14. The highest BCUT2D eigenvalue weighted by Crippen LogP contribution is 2.24. The maximum atomic E-state index is 12.2. The van der Waals surface area contributed by atoms with Gasteiger partial charge in [0.15, 0.2) is 0 Å². The summed E-state index contributed by atoms with van der Waals surface area (Å²) in [5.41, 5.74) is 2.30. The first kappa shape index (κ1) is 21.6. The van der Waals surface area contributed by atoms with Gasteiger partial charge in [0.25, 0.3) is 0 Å². The quantitative estimate of drug-likeness (QED) is 0.551. The highest BCUT2D eigenvalue weighted by molar-refractivity contribution is 7.99. The second-order valence-corrected chi connectivity index (χ2v) is 7.47. The number of thioether (sulfide) groups is 1. The molecular weight excluding hydrogens is 419 g/mol. The molecule has 3 aromatic rings. The minimum Gasteiger partial charge on any atom is -0.406 e. The van der Waals surface area contributed by atoms with E-state index in [1.807, 2.05) is 24.3 Å². The lowest BCUT2D eigenvalue weighted by Crippen LogP contribution is -2.17. The zero-order valence-electron chi connectivity index (χ0n) is 16.1. The predicted molar refractivity (Wildman–Crippen MR) is 106 cm³/mol. The molecule has 0 aliphatic carbocycles. The number of aromatic nitrogens is 4. The Bertz CT molecular complexity index is 989. The SMILES string of the molecule is CC(C)c1ccc(-n2nnnc2SCC(=O)Nc2ccc(OC(F)(F)F)cc2)cc1. The molecule has 0 aliphatic heterocycles. The topological polar surface area (TPSA) is 81.9 Å². The molecule has 0 radical (unpaired) electrons. The summed E-state index contributed by atoms with van der Waals surface area (Å²) in [6.07, 6.45) is -4.76. The molecule has 0 aliphatic rings. The molecule has 1 N–H and O–H groups in total. The Balaban J connectivity index is 1.57. The van der Waals surface area contributed by atoms with Crippen LogP contribution in [-0.2, 0) is 4.79 Å². The average Bonchev–Trinajstić information content (AvgIpc) is 3.15. The molecule has 7 nitrogen and oxygen atoms in total. The number of hydrogen-bond donors (Lipinski definition) is 1. The lowest BCUT2D eigenvalue weighted by atomic mass is 10.0. The summed E-state index contributed by atoms with van der Waals surface area (Å²) in [5.74, 6) is -0.295. The van der Waals surface area contributed by atoms with E-state index in [-0.39, 0.29) is 17.4 Å². The zero-order valence-corrected chi connectivity index (χ0v) is 16.9. The van der Waals surface area contributed by atoms with Crippen molar-refractivity contribution in [1.29, 1.82) is 0 Å². The van der Waals surface area contributed by atoms with Crippen molar-refractivity contribution >= 4 is 23.4 Å². The second kappa shape index (κ2) is 9.16. The summed E-state index contributed by atoms with van der Waals surface area (Å²) in [5, 5.41) is 14.6. The Kier molecular flexibility index (Phi) is 6.60. The van der Waals surface area contributed by atoms with E-state index in [1.54, 1.807) is 0 Å². The van der Waals surface area contributed by atoms with Crippen molar-refractivity contribution in [2.75, 3.05) is 11.1 Å². The van der Waals surface area contributed by atoms with E-state index in [0.29, 0.717) is 16.8 Å². The van der Waals surface area contributed by atoms with E-state index in [4.69, 9.17) is 0 Å². The fourth-order valence-electron chi connectivity index (χ4n) is 2.50. The van der Waals surface area contributed by atoms with Crippen LogP contribution in [0.2, 0.25) is 0 Å². The largest absolute Gasteiger partial charge is 0.573 e. The van der Waals surface area contributed by atoms with Crippen molar-refractivity contribution in [2.45, 2.75) is 31.3 Å². The number of nitrogens with one attached hydrogen (secondary N) is 1. The maximum Gasteiger partial charge on any atom is 0.573 e. The zero-order chi connectivity index (χ0) is 21.7. The molecule has 1 aromatic heterocycles. The fourth-order valence-corrected chi connectivity index (χ4v) is 3.19. The number of benzene rings is 2. The van der Waals surface area contributed by atoms with Crippen LogP contribution in [0.15, 0.2) is 53.7 Å². The van der Waals surface area contributed by atoms with Gasteiger partial charge in [0.2, 0.25) is 11.1 Å². The molecule has 158 valence electrons. The number of carbonyl (C=O) groups is 1. The number of hydrogen-bond acceptors (Lipinski definition) is 6. The molecule has 0 bridgehead atoms. The first-order valence-electron chi connectivity index (χ1n) is 8.88. The maximum absolute atomic E-state index is 12.2. The molecule has 0 saturated heterocycles. The predicted octanol–water partition coefficient (Wildman–Crippen LogP) is 4.42. The Hall–Kier alpha value is -3.08. The number of amides is 1. The number of carbonyl (C=O) groups excluding carboxylic acids is 1. The highest BCUT2D eigenvalue weighted by Gasteiger charge is 2.30. The number of anilines is 1. The van der Waals surface area contributed by atoms with Crippen LogP contribution in [0, 0.1) is 0 Å². The van der Waals surface area contributed by atoms with Gasteiger partial charge in [-0.15, -0.1) is 18.3 Å². The van der Waals surface area contributed by atoms with Crippen molar-refractivity contribution in [1.82, 2.24) is 20.2 Å². The van der Waals surface area contributed by atoms with Gasteiger partial charge in [-0.25, -0.2) is 0 Å². The van der Waals surface area contributed by atoms with Gasteiger partial charge in [0, 0.05) is 5.69 Å². The molecule has 30 heavy (non-hydrogen) atoms. The Morgan fingerprint density at radius 2 is 1.80 bits per heavy atom. The molecule has 0 saturated carbocycles. The van der Waals surface area contributed by atoms with Gasteiger partial charge in [-0.05, 0) is 58.3 Å². The third-order valence-electron chi connectivity index (χ3n) is 3.95. The van der Waals surface area contributed by atoms with Gasteiger partial charge < -0.3 is 10.1 Å². The van der Waals surface area contributed by atoms with Gasteiger partial charge in [-0.2, -0.15) is 4.68 Å². The van der Waals surface area contributed by atoms with Crippen LogP contribution in [0.5, 0.6) is 5.75 Å². The Morgan fingerprint density at radius 3 is 2.40 bits per heavy atom. The van der Waals surface area contributed by atoms with Crippen molar-refractivity contribution in [2.24, 2.45) is 0 Å². The summed E-state index contributed by atoms with van der Waals surface area (Å²) in [6.45, 7) is 4.20. The van der Waals surface area contributed by atoms with Crippen molar-refractivity contribution in [3.63, 3.8) is 0 Å². The normalized spacial score (nSPS) is 11.5. The number of ether oxygens (including phenoxy) is 1. The number of rotatable bonds is 7. The lowest BCUT2D eigenvalue weighted by Gasteiger charge is -2.10. The summed E-state index contributed by atoms with van der Waals surface area (Å²) < 4.78 is 41.9. The standard InChI is InChI=1S/C19H18F3N5O2S/c1-12(2)13-3-7-15(8-4-13)27-18(24-25-26-27)30-11-17(28)23-14-5-9-16(10-6-14)29-19(20,21)22/h3-10,12H,11H2,1-2H3,(H,23,28). The monoisotopic (exact) mass is 437 g/mol. The molecule has 0 unspecified atom stereocenters. The summed E-state index contributed by atoms with van der Waals surface area (Å²) in [7, 11) is 0. The average molecular weight is 437 g/mol. The molecule has 3 rings (SSSR count). The van der Waals surface area contributed by atoms with E-state index >= 15 is 0 Å². The van der Waals surface area contributed by atoms with E-state index in [2.05, 4.69) is 39.4 Å². The van der Waals surface area contributed by atoms with Crippen LogP contribution in [-0.4, -0.2) is 38.2 Å². The fraction of sp³-hybridized carbons (Fsp3) is 0.263.